The number of benzene rings is 2. The third kappa shape index (κ3) is 1.89. The van der Waals surface area contributed by atoms with E-state index in [-0.39, 0.29) is 0 Å². The first-order valence-electron chi connectivity index (χ1n) is 7.73. The number of aromatic nitrogens is 1. The minimum absolute atomic E-state index is 0.822. The first kappa shape index (κ1) is 13.9. The molecule has 0 spiro atoms. The van der Waals surface area contributed by atoms with Crippen molar-refractivity contribution in [2.75, 3.05) is 0 Å². The highest BCUT2D eigenvalue weighted by molar-refractivity contribution is 7.05. The average molecular weight is 312 g/mol. The van der Waals surface area contributed by atoms with Crippen LogP contribution < -0.4 is 10.4 Å². The Bertz CT molecular complexity index is 953. The lowest BCUT2D eigenvalue weighted by molar-refractivity contribution is 1.33. The first-order valence-corrected chi connectivity index (χ1v) is 10.7. The molecule has 0 amide bonds. The Labute approximate surface area is 137 Å². The molecule has 3 heteroatoms. The number of hydrogen-bond donors (Lipinski definition) is 0. The van der Waals surface area contributed by atoms with Gasteiger partial charge in [0.25, 0.3) is 0 Å². The van der Waals surface area contributed by atoms with Crippen molar-refractivity contribution in [1.82, 2.24) is 4.98 Å². The number of nitrogens with zero attached hydrogens (tertiary/aromatic N) is 2. The lowest BCUT2D eigenvalue weighted by atomic mass is 10.00. The maximum atomic E-state index is 9.56. The van der Waals surface area contributed by atoms with E-state index in [4.69, 9.17) is 0 Å². The van der Waals surface area contributed by atoms with Crippen molar-refractivity contribution in [2.24, 2.45) is 0 Å². The number of fused-ring (bicyclic) bond motifs is 3. The third-order valence-electron chi connectivity index (χ3n) is 4.73. The molecule has 1 aliphatic rings. The van der Waals surface area contributed by atoms with Crippen LogP contribution >= 0.6 is 0 Å². The van der Waals surface area contributed by atoms with E-state index < -0.39 is 8.07 Å². The monoisotopic (exact) mass is 312 g/mol. The maximum Gasteiger partial charge on any atom is 0.116 e. The van der Waals surface area contributed by atoms with Crippen molar-refractivity contribution in [3.05, 3.63) is 66.4 Å². The molecular formula is C20H16N2Si. The van der Waals surface area contributed by atoms with Crippen LogP contribution in [0.5, 0.6) is 0 Å². The number of hydrogen-bond acceptors (Lipinski definition) is 2. The van der Waals surface area contributed by atoms with E-state index >= 15 is 0 Å². The number of rotatable bonds is 1. The van der Waals surface area contributed by atoms with E-state index in [1.807, 2.05) is 30.5 Å². The minimum Gasteiger partial charge on any atom is -0.256 e. The van der Waals surface area contributed by atoms with Crippen molar-refractivity contribution in [3.8, 4) is 28.5 Å². The Morgan fingerprint density at radius 1 is 0.826 bits per heavy atom. The van der Waals surface area contributed by atoms with Crippen LogP contribution in [0, 0.1) is 11.3 Å². The van der Waals surface area contributed by atoms with E-state index in [1.54, 1.807) is 0 Å². The zero-order valence-corrected chi connectivity index (χ0v) is 14.2. The van der Waals surface area contributed by atoms with Crippen molar-refractivity contribution in [3.63, 3.8) is 0 Å². The minimum atomic E-state index is -1.94. The molecule has 4 rings (SSSR count). The van der Waals surface area contributed by atoms with Crippen molar-refractivity contribution in [1.29, 1.82) is 5.26 Å². The summed E-state index contributed by atoms with van der Waals surface area (Å²) in [5.74, 6) is 0. The van der Waals surface area contributed by atoms with E-state index in [0.29, 0.717) is 0 Å². The normalized spacial score (nSPS) is 14.0. The summed E-state index contributed by atoms with van der Waals surface area (Å²) in [6, 6.07) is 21.0. The standard InChI is InChI=1S/C20H16N2Si/c1-23(2)19-14(13-21)7-5-8-15(19)16-9-6-10-17(20(16)23)18-11-3-4-12-22-18/h3-12H,1-2H3. The van der Waals surface area contributed by atoms with E-state index in [1.165, 1.54) is 27.1 Å². The van der Waals surface area contributed by atoms with Gasteiger partial charge in [0, 0.05) is 11.8 Å². The molecule has 23 heavy (non-hydrogen) atoms. The van der Waals surface area contributed by atoms with E-state index in [0.717, 1.165) is 11.3 Å². The number of nitriles is 1. The van der Waals surface area contributed by atoms with Gasteiger partial charge in [-0.1, -0.05) is 49.5 Å². The van der Waals surface area contributed by atoms with E-state index in [2.05, 4.69) is 54.5 Å². The summed E-state index contributed by atoms with van der Waals surface area (Å²) in [6.45, 7) is 4.68. The van der Waals surface area contributed by atoms with Crippen molar-refractivity contribution < 1.29 is 0 Å². The molecule has 1 aromatic heterocycles. The van der Waals surface area contributed by atoms with Gasteiger partial charge < -0.3 is 0 Å². The van der Waals surface area contributed by atoms with Gasteiger partial charge in [-0.2, -0.15) is 5.26 Å². The highest BCUT2D eigenvalue weighted by Gasteiger charge is 2.41. The lowest BCUT2D eigenvalue weighted by Gasteiger charge is -2.22. The maximum absolute atomic E-state index is 9.56. The molecule has 2 nitrogen and oxygen atoms in total. The summed E-state index contributed by atoms with van der Waals surface area (Å²) in [7, 11) is -1.94. The Morgan fingerprint density at radius 2 is 1.52 bits per heavy atom. The quantitative estimate of drug-likeness (QED) is 0.646. The van der Waals surface area contributed by atoms with Crippen LogP contribution in [0.2, 0.25) is 13.1 Å². The molecule has 3 aromatic rings. The summed E-state index contributed by atoms with van der Waals surface area (Å²) in [5, 5.41) is 12.2. The molecule has 0 aliphatic carbocycles. The van der Waals surface area contributed by atoms with Crippen LogP contribution in [0.4, 0.5) is 0 Å². The summed E-state index contributed by atoms with van der Waals surface area (Å²) < 4.78 is 0. The second-order valence-electron chi connectivity index (χ2n) is 6.41. The summed E-state index contributed by atoms with van der Waals surface area (Å²) in [4.78, 5) is 4.55. The molecule has 0 unspecified atom stereocenters. The van der Waals surface area contributed by atoms with Crippen LogP contribution in [0.1, 0.15) is 5.56 Å². The Kier molecular flexibility index (Phi) is 2.97. The van der Waals surface area contributed by atoms with Gasteiger partial charge in [0.1, 0.15) is 8.07 Å². The van der Waals surface area contributed by atoms with Gasteiger partial charge in [-0.3, -0.25) is 4.98 Å². The van der Waals surface area contributed by atoms with Crippen LogP contribution in [0.15, 0.2) is 60.8 Å². The molecule has 2 aromatic carbocycles. The molecule has 0 radical (unpaired) electrons. The first-order chi connectivity index (χ1) is 11.1. The molecule has 0 saturated heterocycles. The molecule has 0 atom stereocenters. The summed E-state index contributed by atoms with van der Waals surface area (Å²) >= 11 is 0. The lowest BCUT2D eigenvalue weighted by Crippen LogP contribution is -2.51. The van der Waals surface area contributed by atoms with Gasteiger partial charge >= 0.3 is 0 Å². The zero-order chi connectivity index (χ0) is 16.0. The molecule has 0 bridgehead atoms. The van der Waals surface area contributed by atoms with E-state index in [9.17, 15) is 5.26 Å². The van der Waals surface area contributed by atoms with Crippen LogP contribution in [-0.4, -0.2) is 13.1 Å². The van der Waals surface area contributed by atoms with Crippen molar-refractivity contribution >= 4 is 18.4 Å². The second kappa shape index (κ2) is 4.90. The van der Waals surface area contributed by atoms with Crippen molar-refractivity contribution in [2.45, 2.75) is 13.1 Å². The van der Waals surface area contributed by atoms with Crippen LogP contribution in [0.3, 0.4) is 0 Å². The number of pyridine rings is 1. The Balaban J connectivity index is 2.08. The van der Waals surface area contributed by atoms with Gasteiger partial charge in [0.15, 0.2) is 0 Å². The third-order valence-corrected chi connectivity index (χ3v) is 8.31. The highest BCUT2D eigenvalue weighted by atomic mass is 28.3. The highest BCUT2D eigenvalue weighted by Crippen LogP contribution is 2.33. The fourth-order valence-electron chi connectivity index (χ4n) is 3.85. The Hall–Kier alpha value is -2.70. The summed E-state index contributed by atoms with van der Waals surface area (Å²) in [5.41, 5.74) is 5.55. The topological polar surface area (TPSA) is 36.7 Å². The molecule has 110 valence electrons. The predicted octanol–water partition coefficient (Wildman–Crippen LogP) is 3.42. The fourth-order valence-corrected chi connectivity index (χ4v) is 7.58. The molecule has 2 heterocycles. The molecule has 0 N–H and O–H groups in total. The van der Waals surface area contributed by atoms with Crippen LogP contribution in [0.25, 0.3) is 22.4 Å². The van der Waals surface area contributed by atoms with Gasteiger partial charge in [0.05, 0.1) is 17.3 Å². The average Bonchev–Trinajstić information content (AvgIpc) is 2.84. The van der Waals surface area contributed by atoms with Gasteiger partial charge in [-0.05, 0) is 39.7 Å². The molecule has 0 fully saturated rings. The Morgan fingerprint density at radius 3 is 2.22 bits per heavy atom. The SMILES string of the molecule is C[Si]1(C)c2c(C#N)cccc2-c2cccc(-c3ccccn3)c21. The van der Waals surface area contributed by atoms with Gasteiger partial charge in [-0.15, -0.1) is 0 Å². The molecule has 0 saturated carbocycles. The predicted molar refractivity (Wildman–Crippen MR) is 96.6 cm³/mol. The van der Waals surface area contributed by atoms with Gasteiger partial charge in [-0.25, -0.2) is 0 Å². The fraction of sp³-hybridized carbons (Fsp3) is 0.100. The molecular weight excluding hydrogens is 296 g/mol. The second-order valence-corrected chi connectivity index (χ2v) is 10.7. The molecule has 1 aliphatic heterocycles. The summed E-state index contributed by atoms with van der Waals surface area (Å²) in [6.07, 6.45) is 1.84. The van der Waals surface area contributed by atoms with Gasteiger partial charge in [0.2, 0.25) is 0 Å². The largest absolute Gasteiger partial charge is 0.256 e. The zero-order valence-electron chi connectivity index (χ0n) is 13.2. The van der Waals surface area contributed by atoms with Crippen LogP contribution in [-0.2, 0) is 0 Å². The smallest absolute Gasteiger partial charge is 0.116 e.